The van der Waals surface area contributed by atoms with Gasteiger partial charge in [0.15, 0.2) is 0 Å². The summed E-state index contributed by atoms with van der Waals surface area (Å²) in [5.41, 5.74) is 5.70. The van der Waals surface area contributed by atoms with Crippen LogP contribution in [0.4, 0.5) is 0 Å². The monoisotopic (exact) mass is 225 g/mol. The van der Waals surface area contributed by atoms with Gasteiger partial charge in [-0.05, 0) is 44.6 Å². The summed E-state index contributed by atoms with van der Waals surface area (Å²) in [7, 11) is 0. The van der Waals surface area contributed by atoms with Gasteiger partial charge in [-0.1, -0.05) is 6.42 Å². The van der Waals surface area contributed by atoms with Gasteiger partial charge < -0.3 is 10.5 Å². The van der Waals surface area contributed by atoms with Crippen LogP contribution in [0.1, 0.15) is 44.9 Å². The van der Waals surface area contributed by atoms with Gasteiger partial charge in [0.2, 0.25) is 0 Å². The number of Topliss-reactive ketones (excluding diaryl/α,β-unsaturated/α-hetero) is 1. The molecule has 1 aliphatic heterocycles. The number of ketones is 1. The summed E-state index contributed by atoms with van der Waals surface area (Å²) in [6, 6.07) is 0. The average molecular weight is 225 g/mol. The molecule has 0 amide bonds. The smallest absolute Gasteiger partial charge is 0.136 e. The molecule has 3 heteroatoms. The average Bonchev–Trinajstić information content (AvgIpc) is 2.96. The predicted molar refractivity (Wildman–Crippen MR) is 63.1 cm³/mol. The second-order valence-corrected chi connectivity index (χ2v) is 5.17. The van der Waals surface area contributed by atoms with E-state index in [0.717, 1.165) is 38.7 Å². The van der Waals surface area contributed by atoms with Gasteiger partial charge in [-0.3, -0.25) is 4.79 Å². The van der Waals surface area contributed by atoms with Crippen LogP contribution < -0.4 is 5.73 Å². The SMILES string of the molecule is NCC1CCCC1C(=O)CCC1CCCO1. The lowest BCUT2D eigenvalue weighted by Gasteiger charge is -2.17. The molecule has 0 bridgehead atoms. The molecular formula is C13H23NO2. The van der Waals surface area contributed by atoms with Crippen LogP contribution >= 0.6 is 0 Å². The van der Waals surface area contributed by atoms with E-state index in [1.54, 1.807) is 0 Å². The lowest BCUT2D eigenvalue weighted by molar-refractivity contribution is -0.124. The molecule has 16 heavy (non-hydrogen) atoms. The van der Waals surface area contributed by atoms with Crippen molar-refractivity contribution in [3.8, 4) is 0 Å². The Morgan fingerprint density at radius 1 is 1.25 bits per heavy atom. The molecule has 3 atom stereocenters. The van der Waals surface area contributed by atoms with Crippen molar-refractivity contribution in [2.75, 3.05) is 13.2 Å². The lowest BCUT2D eigenvalue weighted by atomic mass is 9.89. The minimum absolute atomic E-state index is 0.256. The summed E-state index contributed by atoms with van der Waals surface area (Å²) in [5.74, 6) is 1.15. The summed E-state index contributed by atoms with van der Waals surface area (Å²) in [6.45, 7) is 1.56. The molecule has 3 nitrogen and oxygen atoms in total. The van der Waals surface area contributed by atoms with Crippen molar-refractivity contribution in [3.63, 3.8) is 0 Å². The fourth-order valence-corrected chi connectivity index (χ4v) is 3.10. The highest BCUT2D eigenvalue weighted by Crippen LogP contribution is 2.33. The molecule has 0 aromatic rings. The van der Waals surface area contributed by atoms with Gasteiger partial charge in [0, 0.05) is 18.9 Å². The molecule has 2 rings (SSSR count). The molecule has 3 unspecified atom stereocenters. The number of rotatable bonds is 5. The Bertz CT molecular complexity index is 236. The number of ether oxygens (including phenoxy) is 1. The van der Waals surface area contributed by atoms with Crippen molar-refractivity contribution in [1.82, 2.24) is 0 Å². The Morgan fingerprint density at radius 2 is 2.12 bits per heavy atom. The van der Waals surface area contributed by atoms with E-state index in [4.69, 9.17) is 10.5 Å². The Kier molecular flexibility index (Phi) is 4.36. The molecule has 1 saturated carbocycles. The fourth-order valence-electron chi connectivity index (χ4n) is 3.10. The van der Waals surface area contributed by atoms with Gasteiger partial charge >= 0.3 is 0 Å². The Labute approximate surface area is 97.7 Å². The first-order valence-corrected chi connectivity index (χ1v) is 6.65. The van der Waals surface area contributed by atoms with Crippen LogP contribution in [-0.4, -0.2) is 25.0 Å². The molecule has 0 aromatic carbocycles. The standard InChI is InChI=1S/C13H23NO2/c14-9-10-3-1-5-12(10)13(15)7-6-11-4-2-8-16-11/h10-12H,1-9,14H2. The Hall–Kier alpha value is -0.410. The molecule has 2 aliphatic rings. The molecule has 2 fully saturated rings. The predicted octanol–water partition coefficient (Wildman–Crippen LogP) is 1.89. The zero-order valence-electron chi connectivity index (χ0n) is 9.99. The molecule has 2 N–H and O–H groups in total. The zero-order valence-corrected chi connectivity index (χ0v) is 9.99. The van der Waals surface area contributed by atoms with E-state index in [2.05, 4.69) is 0 Å². The van der Waals surface area contributed by atoms with Crippen LogP contribution in [0, 0.1) is 11.8 Å². The second-order valence-electron chi connectivity index (χ2n) is 5.17. The quantitative estimate of drug-likeness (QED) is 0.777. The first-order valence-electron chi connectivity index (χ1n) is 6.65. The molecule has 1 saturated heterocycles. The molecule has 0 aromatic heterocycles. The van der Waals surface area contributed by atoms with Crippen LogP contribution in [0.25, 0.3) is 0 Å². The maximum atomic E-state index is 12.1. The van der Waals surface area contributed by atoms with Crippen molar-refractivity contribution in [2.45, 2.75) is 51.0 Å². The molecular weight excluding hydrogens is 202 g/mol. The van der Waals surface area contributed by atoms with Gasteiger partial charge in [0.05, 0.1) is 6.10 Å². The number of carbonyl (C=O) groups excluding carboxylic acids is 1. The normalized spacial score (nSPS) is 34.4. The van der Waals surface area contributed by atoms with E-state index >= 15 is 0 Å². The van der Waals surface area contributed by atoms with Crippen LogP contribution in [0.2, 0.25) is 0 Å². The molecule has 0 spiro atoms. The topological polar surface area (TPSA) is 52.3 Å². The van der Waals surface area contributed by atoms with Crippen LogP contribution in [0.3, 0.4) is 0 Å². The summed E-state index contributed by atoms with van der Waals surface area (Å²) < 4.78 is 5.54. The largest absolute Gasteiger partial charge is 0.378 e. The lowest BCUT2D eigenvalue weighted by Crippen LogP contribution is -2.25. The van der Waals surface area contributed by atoms with Crippen molar-refractivity contribution in [2.24, 2.45) is 17.6 Å². The third-order valence-corrected chi connectivity index (χ3v) is 4.11. The first kappa shape index (κ1) is 12.1. The van der Waals surface area contributed by atoms with E-state index in [-0.39, 0.29) is 5.92 Å². The van der Waals surface area contributed by atoms with E-state index < -0.39 is 0 Å². The van der Waals surface area contributed by atoms with Crippen molar-refractivity contribution < 1.29 is 9.53 Å². The summed E-state index contributed by atoms with van der Waals surface area (Å²) in [4.78, 5) is 12.1. The summed E-state index contributed by atoms with van der Waals surface area (Å²) in [5, 5.41) is 0. The molecule has 1 heterocycles. The summed E-state index contributed by atoms with van der Waals surface area (Å²) >= 11 is 0. The van der Waals surface area contributed by atoms with E-state index in [0.29, 0.717) is 30.8 Å². The second kappa shape index (κ2) is 5.78. The molecule has 0 radical (unpaired) electrons. The summed E-state index contributed by atoms with van der Waals surface area (Å²) in [6.07, 6.45) is 7.66. The number of hydrogen-bond acceptors (Lipinski definition) is 3. The maximum Gasteiger partial charge on any atom is 0.136 e. The number of hydrogen-bond donors (Lipinski definition) is 1. The van der Waals surface area contributed by atoms with Gasteiger partial charge in [-0.15, -0.1) is 0 Å². The minimum Gasteiger partial charge on any atom is -0.378 e. The highest BCUT2D eigenvalue weighted by Gasteiger charge is 2.31. The Balaban J connectivity index is 1.74. The van der Waals surface area contributed by atoms with Crippen LogP contribution in [0.15, 0.2) is 0 Å². The van der Waals surface area contributed by atoms with Crippen LogP contribution in [-0.2, 0) is 9.53 Å². The highest BCUT2D eigenvalue weighted by molar-refractivity contribution is 5.81. The zero-order chi connectivity index (χ0) is 11.4. The fraction of sp³-hybridized carbons (Fsp3) is 0.923. The van der Waals surface area contributed by atoms with Gasteiger partial charge in [0.1, 0.15) is 5.78 Å². The highest BCUT2D eigenvalue weighted by atomic mass is 16.5. The van der Waals surface area contributed by atoms with E-state index in [9.17, 15) is 4.79 Å². The third-order valence-electron chi connectivity index (χ3n) is 4.11. The van der Waals surface area contributed by atoms with Crippen molar-refractivity contribution in [1.29, 1.82) is 0 Å². The number of carbonyl (C=O) groups is 1. The third kappa shape index (κ3) is 2.83. The first-order chi connectivity index (χ1) is 7.81. The Morgan fingerprint density at radius 3 is 2.81 bits per heavy atom. The minimum atomic E-state index is 0.256. The van der Waals surface area contributed by atoms with Crippen LogP contribution in [0.5, 0.6) is 0 Å². The van der Waals surface area contributed by atoms with Gasteiger partial charge in [-0.2, -0.15) is 0 Å². The molecule has 92 valence electrons. The van der Waals surface area contributed by atoms with Crippen molar-refractivity contribution >= 4 is 5.78 Å². The van der Waals surface area contributed by atoms with E-state index in [1.807, 2.05) is 0 Å². The van der Waals surface area contributed by atoms with Gasteiger partial charge in [0.25, 0.3) is 0 Å². The maximum absolute atomic E-state index is 12.1. The van der Waals surface area contributed by atoms with Gasteiger partial charge in [-0.25, -0.2) is 0 Å². The van der Waals surface area contributed by atoms with Crippen molar-refractivity contribution in [3.05, 3.63) is 0 Å². The number of nitrogens with two attached hydrogens (primary N) is 1. The van der Waals surface area contributed by atoms with E-state index in [1.165, 1.54) is 6.42 Å². The molecule has 1 aliphatic carbocycles.